The van der Waals surface area contributed by atoms with Crippen molar-refractivity contribution < 1.29 is 29.0 Å². The van der Waals surface area contributed by atoms with Crippen LogP contribution in [0.2, 0.25) is 0 Å². The number of benzene rings is 3. The molecule has 3 rings (SSSR count). The van der Waals surface area contributed by atoms with E-state index in [0.29, 0.717) is 11.1 Å². The molecule has 8 heteroatoms. The predicted molar refractivity (Wildman–Crippen MR) is 126 cm³/mol. The van der Waals surface area contributed by atoms with E-state index in [9.17, 15) is 15.2 Å². The van der Waals surface area contributed by atoms with Gasteiger partial charge in [0.25, 0.3) is 5.69 Å². The molecule has 0 aliphatic rings. The smallest absolute Gasteiger partial charge is 0.270 e. The Morgan fingerprint density at radius 2 is 1.21 bits per heavy atom. The molecule has 3 aromatic rings. The first-order chi connectivity index (χ1) is 16.5. The van der Waals surface area contributed by atoms with E-state index in [2.05, 4.69) is 0 Å². The second kappa shape index (κ2) is 12.8. The second-order valence-corrected chi connectivity index (χ2v) is 7.67. The summed E-state index contributed by atoms with van der Waals surface area (Å²) in [6.45, 7) is 0.415. The summed E-state index contributed by atoms with van der Waals surface area (Å²) in [5.74, 6) is -0.0899. The van der Waals surface area contributed by atoms with Crippen LogP contribution in [0.5, 0.6) is 5.75 Å². The summed E-state index contributed by atoms with van der Waals surface area (Å²) < 4.78 is 22.5. The summed E-state index contributed by atoms with van der Waals surface area (Å²) in [4.78, 5) is 10.9. The molecular weight excluding hydrogens is 438 g/mol. The molecule has 0 fully saturated rings. The number of ether oxygens (including phenoxy) is 4. The van der Waals surface area contributed by atoms with Crippen LogP contribution in [0.3, 0.4) is 0 Å². The number of phenolic OH excluding ortho intramolecular Hbond substituents is 1. The van der Waals surface area contributed by atoms with Crippen molar-refractivity contribution in [1.29, 1.82) is 0 Å². The Morgan fingerprint density at radius 1 is 0.794 bits per heavy atom. The van der Waals surface area contributed by atoms with Gasteiger partial charge in [-0.3, -0.25) is 10.1 Å². The number of rotatable bonds is 13. The fourth-order valence-electron chi connectivity index (χ4n) is 3.56. The topological polar surface area (TPSA) is 100 Å². The lowest BCUT2D eigenvalue weighted by Crippen LogP contribution is -2.11. The van der Waals surface area contributed by atoms with Crippen LogP contribution in [-0.2, 0) is 32.2 Å². The highest BCUT2D eigenvalue weighted by molar-refractivity contribution is 5.49. The molecule has 0 heterocycles. The second-order valence-electron chi connectivity index (χ2n) is 7.67. The fourth-order valence-corrected chi connectivity index (χ4v) is 3.56. The molecule has 2 atom stereocenters. The first-order valence-electron chi connectivity index (χ1n) is 10.8. The van der Waals surface area contributed by atoms with E-state index in [0.717, 1.165) is 11.1 Å². The molecule has 0 saturated heterocycles. The van der Waals surface area contributed by atoms with Gasteiger partial charge in [0.05, 0.1) is 31.4 Å². The number of hydrogen-bond donors (Lipinski definition) is 1. The number of non-ortho nitro benzene ring substituents is 1. The van der Waals surface area contributed by atoms with Crippen molar-refractivity contribution in [3.05, 3.63) is 105 Å². The maximum absolute atomic E-state index is 11.4. The summed E-state index contributed by atoms with van der Waals surface area (Å²) in [6.07, 6.45) is -0.595. The maximum Gasteiger partial charge on any atom is 0.270 e. The van der Waals surface area contributed by atoms with E-state index in [4.69, 9.17) is 18.9 Å². The van der Waals surface area contributed by atoms with Gasteiger partial charge in [-0.1, -0.05) is 60.7 Å². The predicted octanol–water partition coefficient (Wildman–Crippen LogP) is 5.11. The maximum atomic E-state index is 11.4. The Balaban J connectivity index is 1.66. The summed E-state index contributed by atoms with van der Waals surface area (Å²) >= 11 is 0. The quantitative estimate of drug-likeness (QED) is 0.275. The molecule has 0 spiro atoms. The first kappa shape index (κ1) is 25.3. The summed E-state index contributed by atoms with van der Waals surface area (Å²) in [6, 6.07) is 21.8. The Bertz CT molecular complexity index is 969. The van der Waals surface area contributed by atoms with E-state index in [-0.39, 0.29) is 50.1 Å². The van der Waals surface area contributed by atoms with E-state index < -0.39 is 4.92 Å². The molecule has 8 nitrogen and oxygen atoms in total. The average Bonchev–Trinajstić information content (AvgIpc) is 2.87. The van der Waals surface area contributed by atoms with Crippen molar-refractivity contribution in [2.24, 2.45) is 0 Å². The molecule has 0 aliphatic carbocycles. The molecule has 3 aromatic carbocycles. The molecule has 1 N–H and O–H groups in total. The number of nitro benzene ring substituents is 1. The van der Waals surface area contributed by atoms with Crippen LogP contribution in [0.1, 0.15) is 34.5 Å². The van der Waals surface area contributed by atoms with E-state index in [1.165, 1.54) is 12.1 Å². The van der Waals surface area contributed by atoms with Crippen LogP contribution in [0, 0.1) is 10.1 Å². The first-order valence-corrected chi connectivity index (χ1v) is 10.8. The molecule has 0 aromatic heterocycles. The van der Waals surface area contributed by atoms with Gasteiger partial charge < -0.3 is 24.1 Å². The summed E-state index contributed by atoms with van der Waals surface area (Å²) in [7, 11) is 3.17. The SMILES string of the molecule is CO[C@@H](COCc1cc([N+](=O)[O-])cc(COC[C@H](OC)c2ccccc2)c1O)c1ccccc1. The van der Waals surface area contributed by atoms with Crippen molar-refractivity contribution in [3.8, 4) is 5.75 Å². The van der Waals surface area contributed by atoms with Gasteiger partial charge in [-0.15, -0.1) is 0 Å². The number of phenols is 1. The molecule has 0 unspecified atom stereocenters. The number of methoxy groups -OCH3 is 2. The molecule has 34 heavy (non-hydrogen) atoms. The summed E-state index contributed by atoms with van der Waals surface area (Å²) in [5, 5.41) is 22.2. The van der Waals surface area contributed by atoms with Gasteiger partial charge in [0, 0.05) is 37.5 Å². The third-order valence-electron chi connectivity index (χ3n) is 5.43. The lowest BCUT2D eigenvalue weighted by molar-refractivity contribution is -0.385. The van der Waals surface area contributed by atoms with E-state index >= 15 is 0 Å². The highest BCUT2D eigenvalue weighted by atomic mass is 16.6. The standard InChI is InChI=1S/C26H29NO7/c1-31-24(19-9-5-3-6-10-19)17-33-15-21-13-23(27(29)30)14-22(26(21)28)16-34-18-25(32-2)20-11-7-4-8-12-20/h3-14,24-25,28H,15-18H2,1-2H3/t24-,25-/m0/s1. The highest BCUT2D eigenvalue weighted by Gasteiger charge is 2.19. The molecule has 0 amide bonds. The zero-order chi connectivity index (χ0) is 24.3. The van der Waals surface area contributed by atoms with Crippen molar-refractivity contribution in [2.45, 2.75) is 25.4 Å². The third-order valence-corrected chi connectivity index (χ3v) is 5.43. The van der Waals surface area contributed by atoms with Crippen LogP contribution in [-0.4, -0.2) is 37.5 Å². The minimum atomic E-state index is -0.504. The van der Waals surface area contributed by atoms with Gasteiger partial charge in [-0.05, 0) is 11.1 Å². The fraction of sp³-hybridized carbons (Fsp3) is 0.308. The Hall–Kier alpha value is -3.30. The van der Waals surface area contributed by atoms with Gasteiger partial charge in [0.1, 0.15) is 18.0 Å². The van der Waals surface area contributed by atoms with Gasteiger partial charge in [-0.25, -0.2) is 0 Å². The number of nitro groups is 1. The number of nitrogens with zero attached hydrogens (tertiary/aromatic N) is 1. The van der Waals surface area contributed by atoms with E-state index in [1.54, 1.807) is 14.2 Å². The molecule has 180 valence electrons. The van der Waals surface area contributed by atoms with Crippen LogP contribution in [0.25, 0.3) is 0 Å². The lowest BCUT2D eigenvalue weighted by atomic mass is 10.1. The van der Waals surface area contributed by atoms with Crippen LogP contribution in [0.4, 0.5) is 5.69 Å². The number of hydrogen-bond acceptors (Lipinski definition) is 7. The molecule has 0 radical (unpaired) electrons. The van der Waals surface area contributed by atoms with Gasteiger partial charge in [-0.2, -0.15) is 0 Å². The van der Waals surface area contributed by atoms with Crippen molar-refractivity contribution >= 4 is 5.69 Å². The third kappa shape index (κ3) is 6.85. The number of aromatic hydroxyl groups is 1. The van der Waals surface area contributed by atoms with Gasteiger partial charge >= 0.3 is 0 Å². The van der Waals surface area contributed by atoms with Crippen LogP contribution < -0.4 is 0 Å². The largest absolute Gasteiger partial charge is 0.507 e. The van der Waals surface area contributed by atoms with E-state index in [1.807, 2.05) is 60.7 Å². The van der Waals surface area contributed by atoms with Gasteiger partial charge in [0.2, 0.25) is 0 Å². The molecule has 0 saturated carbocycles. The van der Waals surface area contributed by atoms with Crippen LogP contribution >= 0.6 is 0 Å². The van der Waals surface area contributed by atoms with Crippen molar-refractivity contribution in [2.75, 3.05) is 27.4 Å². The normalized spacial score (nSPS) is 12.9. The zero-order valence-corrected chi connectivity index (χ0v) is 19.3. The lowest BCUT2D eigenvalue weighted by Gasteiger charge is -2.18. The molecular formula is C26H29NO7. The van der Waals surface area contributed by atoms with Crippen molar-refractivity contribution in [3.63, 3.8) is 0 Å². The minimum Gasteiger partial charge on any atom is -0.507 e. The van der Waals surface area contributed by atoms with Crippen molar-refractivity contribution in [1.82, 2.24) is 0 Å². The zero-order valence-electron chi connectivity index (χ0n) is 19.3. The van der Waals surface area contributed by atoms with Crippen LogP contribution in [0.15, 0.2) is 72.8 Å². The Labute approximate surface area is 198 Å². The highest BCUT2D eigenvalue weighted by Crippen LogP contribution is 2.30. The molecule has 0 aliphatic heterocycles. The average molecular weight is 468 g/mol. The summed E-state index contributed by atoms with van der Waals surface area (Å²) in [5.41, 5.74) is 2.37. The minimum absolute atomic E-state index is 0.0160. The monoisotopic (exact) mass is 467 g/mol. The Kier molecular flexibility index (Phi) is 9.54. The Morgan fingerprint density at radius 3 is 1.56 bits per heavy atom. The molecule has 0 bridgehead atoms. The van der Waals surface area contributed by atoms with Gasteiger partial charge in [0.15, 0.2) is 0 Å².